The van der Waals surface area contributed by atoms with Crippen molar-refractivity contribution in [2.24, 2.45) is 0 Å². The van der Waals surface area contributed by atoms with Crippen LogP contribution in [-0.2, 0) is 54.0 Å². The van der Waals surface area contributed by atoms with Gasteiger partial charge in [0, 0.05) is 0 Å². The summed E-state index contributed by atoms with van der Waals surface area (Å²) in [6.45, 7) is 0. The normalized spacial score (nSPS) is 4.89. The van der Waals surface area contributed by atoms with Crippen LogP contribution in [0.5, 0.6) is 0 Å². The Morgan fingerprint density at radius 3 is 1.00 bits per heavy atom. The molecule has 0 amide bonds. The number of aliphatic carboxylic acids is 2. The first-order valence-corrected chi connectivity index (χ1v) is 1.07. The summed E-state index contributed by atoms with van der Waals surface area (Å²) in [7, 11) is 0. The van der Waals surface area contributed by atoms with Crippen LogP contribution in [0.3, 0.4) is 0 Å². The van der Waals surface area contributed by atoms with E-state index in [2.05, 4.69) is 0 Å². The molecule has 0 spiro atoms. The van der Waals surface area contributed by atoms with Crippen LogP contribution in [-0.4, -0.2) is 11.9 Å². The third-order valence-electron chi connectivity index (χ3n) is 0.167. The minimum absolute atomic E-state index is 0. The van der Waals surface area contributed by atoms with Gasteiger partial charge in [0.05, 0.1) is 11.9 Å². The van der Waals surface area contributed by atoms with Crippen molar-refractivity contribution in [2.75, 3.05) is 0 Å². The summed E-state index contributed by atoms with van der Waals surface area (Å²) in [6, 6.07) is 0. The van der Waals surface area contributed by atoms with Gasteiger partial charge < -0.3 is 25.3 Å². The molecular weight excluding hydrogens is 235 g/mol. The van der Waals surface area contributed by atoms with Gasteiger partial charge >= 0.3 is 39.0 Å². The Kier molecular flexibility index (Phi) is 28.0. The van der Waals surface area contributed by atoms with Crippen molar-refractivity contribution < 1.29 is 64.2 Å². The molecule has 0 aromatic heterocycles. The van der Waals surface area contributed by atoms with Gasteiger partial charge in [0.25, 0.3) is 0 Å². The maximum Gasteiger partial charge on any atom is 2.00 e. The van der Waals surface area contributed by atoms with Gasteiger partial charge in [-0.1, -0.05) is 0 Å². The third-order valence-corrected chi connectivity index (χ3v) is 0.167. The average Bonchev–Trinajstić information content (AvgIpc) is 1.36. The monoisotopic (exact) mass is 232 g/mol. The minimum atomic E-state index is -2.19. The van der Waals surface area contributed by atoms with Gasteiger partial charge in [0.15, 0.2) is 0 Å². The molecule has 42 valence electrons. The van der Waals surface area contributed by atoms with Crippen LogP contribution in [0.25, 0.3) is 0 Å². The number of hydrogen-bond acceptors (Lipinski definition) is 4. The van der Waals surface area contributed by atoms with E-state index in [9.17, 15) is 0 Å². The van der Waals surface area contributed by atoms with Crippen molar-refractivity contribution >= 4 is 11.9 Å². The first kappa shape index (κ1) is 22.9. The summed E-state index contributed by atoms with van der Waals surface area (Å²) < 4.78 is 0. The Bertz CT molecular complexity index is 79.0. The number of carboxylic acids is 2. The van der Waals surface area contributed by atoms with Crippen LogP contribution in [0, 0.1) is 0 Å². The molecule has 0 rings (SSSR count). The first-order valence-electron chi connectivity index (χ1n) is 1.07. The molecule has 0 aliphatic rings. The van der Waals surface area contributed by atoms with Gasteiger partial charge in [-0.05, 0) is 0 Å². The maximum absolute atomic E-state index is 8.93. The van der Waals surface area contributed by atoms with Crippen molar-refractivity contribution in [1.29, 1.82) is 0 Å². The number of carbonyl (C=O) groups is 2. The van der Waals surface area contributed by atoms with Crippen molar-refractivity contribution in [3.63, 3.8) is 0 Å². The largest absolute Gasteiger partial charge is 2.00 e. The summed E-state index contributed by atoms with van der Waals surface area (Å²) >= 11 is 0. The molecule has 7 heteroatoms. The molecule has 0 saturated heterocycles. The van der Waals surface area contributed by atoms with E-state index in [-0.39, 0.29) is 44.4 Å². The third kappa shape index (κ3) is 17.9. The molecule has 0 saturated carbocycles. The standard InChI is InChI=1S/C2H2O4.O.2Zn/c3-1(4)2(5)6;;;/h(H,3,4)(H,5,6);;;/q;-2;2*+2/p-2. The molecular formula is C2O5Zn2. The van der Waals surface area contributed by atoms with Crippen LogP contribution < -0.4 is 10.2 Å². The SMILES string of the molecule is O=C([O-])C(=O)[O-].[O-2].[Zn+2].[Zn+2]. The molecule has 0 aliphatic heterocycles. The van der Waals surface area contributed by atoms with E-state index in [0.717, 1.165) is 0 Å². The number of hydrogen-bond donors (Lipinski definition) is 0. The topological polar surface area (TPSA) is 109 Å². The zero-order chi connectivity index (χ0) is 5.15. The fourth-order valence-corrected chi connectivity index (χ4v) is 0. The van der Waals surface area contributed by atoms with E-state index >= 15 is 0 Å². The molecule has 0 aromatic carbocycles. The molecule has 0 aromatic rings. The molecule has 0 aliphatic carbocycles. The van der Waals surface area contributed by atoms with Crippen molar-refractivity contribution in [3.05, 3.63) is 0 Å². The van der Waals surface area contributed by atoms with Crippen molar-refractivity contribution in [3.8, 4) is 0 Å². The second-order valence-corrected chi connectivity index (χ2v) is 0.575. The number of carboxylic acid groups (broad SMARTS) is 2. The molecule has 0 N–H and O–H groups in total. The van der Waals surface area contributed by atoms with Gasteiger partial charge in [-0.15, -0.1) is 0 Å². The smallest absolute Gasteiger partial charge is 2.00 e. The quantitative estimate of drug-likeness (QED) is 0.318. The van der Waals surface area contributed by atoms with Gasteiger partial charge in [-0.25, -0.2) is 0 Å². The van der Waals surface area contributed by atoms with Gasteiger partial charge in [0.1, 0.15) is 0 Å². The van der Waals surface area contributed by atoms with E-state index in [1.807, 2.05) is 0 Å². The summed E-state index contributed by atoms with van der Waals surface area (Å²) in [5, 5.41) is 17.9. The number of rotatable bonds is 0. The van der Waals surface area contributed by atoms with Crippen LogP contribution in [0.1, 0.15) is 0 Å². The Balaban J connectivity index is -0.0000000417. The van der Waals surface area contributed by atoms with Gasteiger partial charge in [-0.3, -0.25) is 0 Å². The predicted molar refractivity (Wildman–Crippen MR) is 10.7 cm³/mol. The molecule has 5 nitrogen and oxygen atoms in total. The second kappa shape index (κ2) is 11.0. The van der Waals surface area contributed by atoms with E-state index in [1.54, 1.807) is 0 Å². The van der Waals surface area contributed by atoms with E-state index in [0.29, 0.717) is 0 Å². The fraction of sp³-hybridized carbons (Fsp3) is 0. The van der Waals surface area contributed by atoms with Crippen LogP contribution >= 0.6 is 0 Å². The molecule has 9 heavy (non-hydrogen) atoms. The van der Waals surface area contributed by atoms with E-state index < -0.39 is 11.9 Å². The van der Waals surface area contributed by atoms with Gasteiger partial charge in [-0.2, -0.15) is 0 Å². The first-order chi connectivity index (χ1) is 2.64. The molecule has 0 atom stereocenters. The summed E-state index contributed by atoms with van der Waals surface area (Å²) in [4.78, 5) is 17.9. The Hall–Kier alpha value is 0.147. The zero-order valence-corrected chi connectivity index (χ0v) is 10.4. The average molecular weight is 235 g/mol. The van der Waals surface area contributed by atoms with Crippen LogP contribution in [0.15, 0.2) is 0 Å². The van der Waals surface area contributed by atoms with E-state index in [1.165, 1.54) is 0 Å². The van der Waals surface area contributed by atoms with Crippen LogP contribution in [0.4, 0.5) is 0 Å². The fourth-order valence-electron chi connectivity index (χ4n) is 0. The maximum atomic E-state index is 8.93. The molecule has 0 unspecified atom stereocenters. The Morgan fingerprint density at radius 1 is 0.889 bits per heavy atom. The van der Waals surface area contributed by atoms with E-state index in [4.69, 9.17) is 19.8 Å². The summed E-state index contributed by atoms with van der Waals surface area (Å²) in [5.41, 5.74) is 0. The van der Waals surface area contributed by atoms with Crippen molar-refractivity contribution in [1.82, 2.24) is 0 Å². The molecule has 0 radical (unpaired) electrons. The number of carbonyl (C=O) groups excluding carboxylic acids is 2. The Labute approximate surface area is 76.3 Å². The summed E-state index contributed by atoms with van der Waals surface area (Å²) in [6.07, 6.45) is 0. The molecule has 0 heterocycles. The second-order valence-electron chi connectivity index (χ2n) is 0.575. The minimum Gasteiger partial charge on any atom is -2.00 e. The van der Waals surface area contributed by atoms with Crippen LogP contribution in [0.2, 0.25) is 0 Å². The van der Waals surface area contributed by atoms with Gasteiger partial charge in [0.2, 0.25) is 0 Å². The Morgan fingerprint density at radius 2 is 1.00 bits per heavy atom. The predicted octanol–water partition coefficient (Wildman–Crippen LogP) is -3.64. The zero-order valence-electron chi connectivity index (χ0n) is 4.46. The molecule has 0 bridgehead atoms. The summed E-state index contributed by atoms with van der Waals surface area (Å²) in [5.74, 6) is -4.37. The van der Waals surface area contributed by atoms with Crippen molar-refractivity contribution in [2.45, 2.75) is 0 Å². The molecule has 0 fully saturated rings.